The van der Waals surface area contributed by atoms with Crippen molar-refractivity contribution in [3.05, 3.63) is 25.3 Å². The molecule has 0 aromatic carbocycles. The first-order chi connectivity index (χ1) is 7.82. The Morgan fingerprint density at radius 2 is 1.82 bits per heavy atom. The summed E-state index contributed by atoms with van der Waals surface area (Å²) in [6.45, 7) is 13.6. The molecule has 0 amide bonds. The van der Waals surface area contributed by atoms with Gasteiger partial charge in [0.15, 0.2) is 0 Å². The lowest BCUT2D eigenvalue weighted by Gasteiger charge is -2.26. The Bertz CT molecular complexity index is 267. The van der Waals surface area contributed by atoms with Crippen LogP contribution in [0.2, 0.25) is 0 Å². The number of rotatable bonds is 8. The largest absolute Gasteiger partial charge is 0.296 e. The number of nitrogens with zero attached hydrogens (tertiary/aromatic N) is 3. The van der Waals surface area contributed by atoms with Gasteiger partial charge in [0.25, 0.3) is 0 Å². The molecule has 0 saturated heterocycles. The van der Waals surface area contributed by atoms with Crippen LogP contribution in [0.25, 0.3) is 0 Å². The summed E-state index contributed by atoms with van der Waals surface area (Å²) in [5.41, 5.74) is 0.0651. The fraction of sp³-hybridized carbons (Fsp3) is 0.643. The molecule has 0 spiro atoms. The zero-order valence-electron chi connectivity index (χ0n) is 12.0. The molecular formula is C14H27N3. The predicted octanol–water partition coefficient (Wildman–Crippen LogP) is 2.48. The molecular weight excluding hydrogens is 210 g/mol. The van der Waals surface area contributed by atoms with E-state index in [9.17, 15) is 0 Å². The Balaban J connectivity index is 4.26. The maximum atomic E-state index is 4.48. The molecule has 3 nitrogen and oxygen atoms in total. The maximum absolute atomic E-state index is 4.48. The van der Waals surface area contributed by atoms with Crippen LogP contribution in [0.4, 0.5) is 0 Å². The minimum atomic E-state index is 0.0651. The van der Waals surface area contributed by atoms with E-state index < -0.39 is 0 Å². The van der Waals surface area contributed by atoms with E-state index in [0.29, 0.717) is 0 Å². The minimum Gasteiger partial charge on any atom is -0.296 e. The highest BCUT2D eigenvalue weighted by Crippen LogP contribution is 2.15. The highest BCUT2D eigenvalue weighted by atomic mass is 15.6. The van der Waals surface area contributed by atoms with Crippen LogP contribution >= 0.6 is 0 Å². The van der Waals surface area contributed by atoms with Crippen LogP contribution in [0.5, 0.6) is 0 Å². The van der Waals surface area contributed by atoms with Crippen molar-refractivity contribution in [2.75, 3.05) is 34.2 Å². The van der Waals surface area contributed by atoms with Crippen molar-refractivity contribution in [2.45, 2.75) is 13.8 Å². The normalized spacial score (nSPS) is 14.5. The fourth-order valence-corrected chi connectivity index (χ4v) is 1.14. The Morgan fingerprint density at radius 3 is 2.24 bits per heavy atom. The van der Waals surface area contributed by atoms with Gasteiger partial charge in [-0.05, 0) is 0 Å². The number of hydrazine groups is 1. The Hall–Kier alpha value is -0.930. The number of aliphatic imine (C=N–C) groups is 1. The molecule has 0 N–H and O–H groups in total. The van der Waals surface area contributed by atoms with Gasteiger partial charge in [0, 0.05) is 51.8 Å². The average Bonchev–Trinajstić information content (AvgIpc) is 2.27. The van der Waals surface area contributed by atoms with E-state index >= 15 is 0 Å². The molecule has 0 aromatic heterocycles. The molecule has 0 saturated carbocycles. The lowest BCUT2D eigenvalue weighted by Crippen LogP contribution is -2.37. The van der Waals surface area contributed by atoms with E-state index in [0.717, 1.165) is 13.1 Å². The van der Waals surface area contributed by atoms with Gasteiger partial charge in [-0.1, -0.05) is 26.0 Å². The van der Waals surface area contributed by atoms with Crippen LogP contribution in [0.15, 0.2) is 30.3 Å². The van der Waals surface area contributed by atoms with E-state index in [1.807, 2.05) is 32.5 Å². The van der Waals surface area contributed by atoms with E-state index in [1.54, 1.807) is 0 Å². The summed E-state index contributed by atoms with van der Waals surface area (Å²) in [6.07, 6.45) is 5.86. The highest BCUT2D eigenvalue weighted by Gasteiger charge is 2.12. The summed E-state index contributed by atoms with van der Waals surface area (Å²) in [5, 5.41) is 4.19. The van der Waals surface area contributed by atoms with Gasteiger partial charge in [-0.15, -0.1) is 13.2 Å². The van der Waals surface area contributed by atoms with Gasteiger partial charge in [-0.3, -0.25) is 4.99 Å². The molecule has 0 fully saturated rings. The van der Waals surface area contributed by atoms with Crippen molar-refractivity contribution in [3.8, 4) is 0 Å². The molecule has 1 unspecified atom stereocenters. The monoisotopic (exact) mass is 237 g/mol. The molecule has 0 aliphatic carbocycles. The van der Waals surface area contributed by atoms with Crippen molar-refractivity contribution in [2.24, 2.45) is 16.3 Å². The third-order valence-electron chi connectivity index (χ3n) is 2.81. The molecule has 3 heteroatoms. The van der Waals surface area contributed by atoms with Crippen molar-refractivity contribution >= 4 is 6.21 Å². The summed E-state index contributed by atoms with van der Waals surface area (Å²) >= 11 is 0. The van der Waals surface area contributed by atoms with E-state index in [2.05, 4.69) is 49.1 Å². The van der Waals surface area contributed by atoms with Gasteiger partial charge in [0.1, 0.15) is 0 Å². The zero-order chi connectivity index (χ0) is 13.5. The van der Waals surface area contributed by atoms with Crippen molar-refractivity contribution in [3.63, 3.8) is 0 Å². The quantitative estimate of drug-likeness (QED) is 0.367. The first-order valence-electron chi connectivity index (χ1n) is 5.97. The zero-order valence-corrected chi connectivity index (χ0v) is 12.0. The number of hydrogen-bond acceptors (Lipinski definition) is 3. The van der Waals surface area contributed by atoms with Gasteiger partial charge in [0.2, 0.25) is 0 Å². The fourth-order valence-electron chi connectivity index (χ4n) is 1.14. The predicted molar refractivity (Wildman–Crippen MR) is 77.3 cm³/mol. The molecule has 0 aromatic rings. The van der Waals surface area contributed by atoms with Gasteiger partial charge >= 0.3 is 0 Å². The topological polar surface area (TPSA) is 18.8 Å². The summed E-state index contributed by atoms with van der Waals surface area (Å²) in [6, 6.07) is 0. The SMILES string of the molecule is C=CC(/C=N\CC(C)(C)C=C)CN(C)N(C)C. The van der Waals surface area contributed by atoms with Crippen LogP contribution in [-0.4, -0.2) is 50.5 Å². The Kier molecular flexibility index (Phi) is 7.00. The van der Waals surface area contributed by atoms with Gasteiger partial charge < -0.3 is 0 Å². The van der Waals surface area contributed by atoms with E-state index in [4.69, 9.17) is 0 Å². The molecule has 0 heterocycles. The average molecular weight is 237 g/mol. The molecule has 17 heavy (non-hydrogen) atoms. The smallest absolute Gasteiger partial charge is 0.0471 e. The second-order valence-corrected chi connectivity index (χ2v) is 5.27. The lowest BCUT2D eigenvalue weighted by molar-refractivity contribution is 0.0528. The van der Waals surface area contributed by atoms with Gasteiger partial charge in [-0.2, -0.15) is 0 Å². The van der Waals surface area contributed by atoms with Crippen LogP contribution in [-0.2, 0) is 0 Å². The summed E-state index contributed by atoms with van der Waals surface area (Å²) in [5.74, 6) is 0.281. The van der Waals surface area contributed by atoms with Gasteiger partial charge in [0.05, 0.1) is 0 Å². The molecule has 0 radical (unpaired) electrons. The molecule has 0 aliphatic rings. The molecule has 0 bridgehead atoms. The Labute approximate surface area is 106 Å². The molecule has 0 aliphatic heterocycles. The molecule has 98 valence electrons. The van der Waals surface area contributed by atoms with Crippen molar-refractivity contribution < 1.29 is 0 Å². The van der Waals surface area contributed by atoms with E-state index in [-0.39, 0.29) is 11.3 Å². The van der Waals surface area contributed by atoms with Crippen LogP contribution in [0.1, 0.15) is 13.8 Å². The highest BCUT2D eigenvalue weighted by molar-refractivity contribution is 5.63. The summed E-state index contributed by atoms with van der Waals surface area (Å²) < 4.78 is 0. The third kappa shape index (κ3) is 7.08. The van der Waals surface area contributed by atoms with Crippen LogP contribution in [0.3, 0.4) is 0 Å². The molecule has 1 atom stereocenters. The second kappa shape index (κ2) is 7.41. The third-order valence-corrected chi connectivity index (χ3v) is 2.81. The minimum absolute atomic E-state index is 0.0651. The standard InChI is InChI=1S/C14H27N3/c1-8-13(11-17(7)16(5)6)10-15-12-14(3,4)9-2/h8-10,13H,1-2,11-12H2,3-7H3/b15-10-. The van der Waals surface area contributed by atoms with E-state index in [1.165, 1.54) is 0 Å². The summed E-state index contributed by atoms with van der Waals surface area (Å²) in [4.78, 5) is 4.48. The maximum Gasteiger partial charge on any atom is 0.0471 e. The van der Waals surface area contributed by atoms with Gasteiger partial charge in [-0.25, -0.2) is 10.0 Å². The number of hydrogen-bond donors (Lipinski definition) is 0. The lowest BCUT2D eigenvalue weighted by atomic mass is 9.94. The molecule has 0 rings (SSSR count). The summed E-state index contributed by atoms with van der Waals surface area (Å²) in [7, 11) is 6.11. The Morgan fingerprint density at radius 1 is 1.24 bits per heavy atom. The van der Waals surface area contributed by atoms with Crippen molar-refractivity contribution in [1.82, 2.24) is 10.0 Å². The van der Waals surface area contributed by atoms with Crippen LogP contribution < -0.4 is 0 Å². The second-order valence-electron chi connectivity index (χ2n) is 5.27. The van der Waals surface area contributed by atoms with Crippen molar-refractivity contribution in [1.29, 1.82) is 0 Å². The van der Waals surface area contributed by atoms with Crippen LogP contribution in [0, 0.1) is 11.3 Å². The first-order valence-corrected chi connectivity index (χ1v) is 5.97. The first kappa shape index (κ1) is 16.1.